The van der Waals surface area contributed by atoms with Crippen LogP contribution < -0.4 is 9.62 Å². The first-order valence-electron chi connectivity index (χ1n) is 9.92. The summed E-state index contributed by atoms with van der Waals surface area (Å²) in [6.45, 7) is 6.85. The van der Waals surface area contributed by atoms with Crippen LogP contribution in [0.4, 0.5) is 18.9 Å². The molecule has 2 aromatic carbocycles. The smallest absolute Gasteiger partial charge is 0.370 e. The largest absolute Gasteiger partial charge is 0.406 e. The summed E-state index contributed by atoms with van der Waals surface area (Å²) < 4.78 is 69.5. The number of alkyl halides is 3. The van der Waals surface area contributed by atoms with Gasteiger partial charge in [-0.1, -0.05) is 49.2 Å². The van der Waals surface area contributed by atoms with E-state index in [1.807, 2.05) is 18.6 Å². The predicted molar refractivity (Wildman–Crippen MR) is 114 cm³/mol. The first-order valence-corrected chi connectivity index (χ1v) is 11.4. The lowest BCUT2D eigenvalue weighted by atomic mass is 10.1. The highest BCUT2D eigenvalue weighted by Gasteiger charge is 2.43. The lowest BCUT2D eigenvalue weighted by molar-refractivity contribution is -0.149. The summed E-state index contributed by atoms with van der Waals surface area (Å²) in [5.74, 6) is 0. The fourth-order valence-corrected chi connectivity index (χ4v) is 5.24. The number of benzene rings is 2. The molecule has 1 unspecified atom stereocenters. The van der Waals surface area contributed by atoms with Crippen molar-refractivity contribution >= 4 is 15.7 Å². The molecule has 1 atom stereocenters. The average molecular weight is 443 g/mol. The maximum atomic E-state index is 13.9. The topological polar surface area (TPSA) is 49.4 Å². The summed E-state index contributed by atoms with van der Waals surface area (Å²) in [5, 5.41) is 0. The molecule has 0 aliphatic carbocycles. The van der Waals surface area contributed by atoms with Crippen molar-refractivity contribution in [3.8, 4) is 0 Å². The Hall–Kier alpha value is -2.06. The van der Waals surface area contributed by atoms with Gasteiger partial charge in [0.15, 0.2) is 0 Å². The van der Waals surface area contributed by atoms with Crippen molar-refractivity contribution in [2.75, 3.05) is 18.0 Å². The van der Waals surface area contributed by atoms with Gasteiger partial charge in [-0.15, -0.1) is 0 Å². The molecule has 0 spiro atoms. The molecule has 0 amide bonds. The molecule has 1 N–H and O–H groups in total. The maximum absolute atomic E-state index is 13.9. The first kappa shape index (κ1) is 24.2. The van der Waals surface area contributed by atoms with Crippen molar-refractivity contribution in [3.05, 3.63) is 59.2 Å². The van der Waals surface area contributed by atoms with E-state index in [2.05, 4.69) is 0 Å². The van der Waals surface area contributed by atoms with Crippen molar-refractivity contribution in [1.29, 1.82) is 0 Å². The molecule has 0 aromatic heterocycles. The van der Waals surface area contributed by atoms with Crippen LogP contribution in [-0.4, -0.2) is 33.7 Å². The Kier molecular flexibility index (Phi) is 7.93. The highest BCUT2D eigenvalue weighted by molar-refractivity contribution is 7.89. The number of nitrogens with one attached hydrogen (secondary N) is 1. The third kappa shape index (κ3) is 6.22. The summed E-state index contributed by atoms with van der Waals surface area (Å²) in [6, 6.07) is 9.81. The predicted octanol–water partition coefficient (Wildman–Crippen LogP) is 5.13. The van der Waals surface area contributed by atoms with Crippen molar-refractivity contribution in [2.24, 2.45) is 0 Å². The molecule has 0 saturated carbocycles. The van der Waals surface area contributed by atoms with Crippen LogP contribution in [0.15, 0.2) is 47.4 Å². The third-order valence-corrected chi connectivity index (χ3v) is 6.65. The zero-order chi connectivity index (χ0) is 22.5. The summed E-state index contributed by atoms with van der Waals surface area (Å²) in [4.78, 5) is 1.49. The van der Waals surface area contributed by atoms with E-state index in [1.54, 1.807) is 61.2 Å². The number of rotatable bonds is 9. The van der Waals surface area contributed by atoms with Gasteiger partial charge in [-0.25, -0.2) is 8.42 Å². The normalized spacial score (nSPS) is 13.3. The molecule has 30 heavy (non-hydrogen) atoms. The van der Waals surface area contributed by atoms with E-state index in [1.165, 1.54) is 0 Å². The fourth-order valence-electron chi connectivity index (χ4n) is 3.58. The van der Waals surface area contributed by atoms with Gasteiger partial charge in [-0.05, 0) is 50.5 Å². The minimum absolute atomic E-state index is 0.0952. The molecule has 8 heteroatoms. The van der Waals surface area contributed by atoms with Crippen LogP contribution in [0.25, 0.3) is 0 Å². The van der Waals surface area contributed by atoms with Gasteiger partial charge in [0.05, 0.1) is 4.90 Å². The first-order chi connectivity index (χ1) is 14.0. The second-order valence-electron chi connectivity index (χ2n) is 7.58. The van der Waals surface area contributed by atoms with E-state index >= 15 is 0 Å². The minimum Gasteiger partial charge on any atom is -0.370 e. The van der Waals surface area contributed by atoms with Crippen LogP contribution in [0.5, 0.6) is 0 Å². The second-order valence-corrected chi connectivity index (χ2v) is 9.23. The highest BCUT2D eigenvalue weighted by atomic mass is 32.2. The molecule has 0 aliphatic rings. The van der Waals surface area contributed by atoms with E-state index < -0.39 is 28.8 Å². The number of sulfonamides is 1. The molecule has 2 aromatic rings. The number of aryl methyl sites for hydroxylation is 3. The number of nitrogens with zero attached hydrogens (tertiary/aromatic N) is 1. The van der Waals surface area contributed by atoms with E-state index in [9.17, 15) is 21.6 Å². The van der Waals surface area contributed by atoms with Crippen molar-refractivity contribution in [1.82, 2.24) is 4.72 Å². The van der Waals surface area contributed by atoms with Crippen LogP contribution >= 0.6 is 0 Å². The standard InChI is InChI=1S/C22H29F3N2O2S/c1-5-6-12-27(19-10-8-7-9-11-19)15-20(22(23,24)25)26-30(28,29)21-17(3)13-16(2)14-18(21)4/h7-11,13-14,20,26H,5-6,12,15H2,1-4H3. The van der Waals surface area contributed by atoms with E-state index in [0.717, 1.165) is 12.0 Å². The summed E-state index contributed by atoms with van der Waals surface area (Å²) in [7, 11) is -4.37. The van der Waals surface area contributed by atoms with E-state index in [-0.39, 0.29) is 4.90 Å². The number of para-hydroxylation sites is 1. The van der Waals surface area contributed by atoms with E-state index in [0.29, 0.717) is 29.8 Å². The minimum atomic E-state index is -4.74. The average Bonchev–Trinajstić information content (AvgIpc) is 2.62. The molecule has 0 heterocycles. The van der Waals surface area contributed by atoms with Gasteiger partial charge >= 0.3 is 6.18 Å². The summed E-state index contributed by atoms with van der Waals surface area (Å²) >= 11 is 0. The molecule has 166 valence electrons. The lowest BCUT2D eigenvalue weighted by Gasteiger charge is -2.31. The Morgan fingerprint density at radius 3 is 2.10 bits per heavy atom. The third-order valence-electron chi connectivity index (χ3n) is 4.87. The van der Waals surface area contributed by atoms with Gasteiger partial charge in [0.2, 0.25) is 10.0 Å². The van der Waals surface area contributed by atoms with Gasteiger partial charge < -0.3 is 4.90 Å². The Morgan fingerprint density at radius 1 is 1.03 bits per heavy atom. The second kappa shape index (κ2) is 9.83. The maximum Gasteiger partial charge on any atom is 0.406 e. The van der Waals surface area contributed by atoms with Crippen LogP contribution in [0.3, 0.4) is 0 Å². The fraction of sp³-hybridized carbons (Fsp3) is 0.455. The number of anilines is 1. The Morgan fingerprint density at radius 2 is 1.60 bits per heavy atom. The monoisotopic (exact) mass is 442 g/mol. The van der Waals surface area contributed by atoms with Gasteiger partial charge in [0.1, 0.15) is 6.04 Å². The zero-order valence-electron chi connectivity index (χ0n) is 17.8. The van der Waals surface area contributed by atoms with E-state index in [4.69, 9.17) is 0 Å². The number of halogens is 3. The summed E-state index contributed by atoms with van der Waals surface area (Å²) in [5.41, 5.74) is 2.33. The van der Waals surface area contributed by atoms with Crippen LogP contribution in [0, 0.1) is 20.8 Å². The highest BCUT2D eigenvalue weighted by Crippen LogP contribution is 2.27. The van der Waals surface area contributed by atoms with Gasteiger partial charge in [-0.3, -0.25) is 0 Å². The zero-order valence-corrected chi connectivity index (χ0v) is 18.6. The lowest BCUT2D eigenvalue weighted by Crippen LogP contribution is -2.52. The molecular formula is C22H29F3N2O2S. The van der Waals surface area contributed by atoms with Crippen LogP contribution in [0.2, 0.25) is 0 Å². The molecule has 4 nitrogen and oxygen atoms in total. The number of hydrogen-bond acceptors (Lipinski definition) is 3. The molecule has 2 rings (SSSR count). The van der Waals surface area contributed by atoms with Gasteiger partial charge in [0, 0.05) is 18.8 Å². The molecule has 0 radical (unpaired) electrons. The Balaban J connectivity index is 2.38. The Bertz CT molecular complexity index is 922. The van der Waals surface area contributed by atoms with Crippen molar-refractivity contribution in [3.63, 3.8) is 0 Å². The molecular weight excluding hydrogens is 413 g/mol. The molecule has 0 bridgehead atoms. The summed E-state index contributed by atoms with van der Waals surface area (Å²) in [6.07, 6.45) is -3.23. The van der Waals surface area contributed by atoms with Gasteiger partial charge in [0.25, 0.3) is 0 Å². The molecule has 0 saturated heterocycles. The number of unbranched alkanes of at least 4 members (excludes halogenated alkanes) is 1. The van der Waals surface area contributed by atoms with Gasteiger partial charge in [-0.2, -0.15) is 17.9 Å². The SMILES string of the molecule is CCCCN(CC(NS(=O)(=O)c1c(C)cc(C)cc1C)C(F)(F)F)c1ccccc1. The van der Waals surface area contributed by atoms with Crippen molar-refractivity contribution in [2.45, 2.75) is 57.7 Å². The van der Waals surface area contributed by atoms with Crippen molar-refractivity contribution < 1.29 is 21.6 Å². The number of hydrogen-bond donors (Lipinski definition) is 1. The molecule has 0 aliphatic heterocycles. The Labute approximate surface area is 177 Å². The van der Waals surface area contributed by atoms with Crippen LogP contribution in [0.1, 0.15) is 36.5 Å². The quantitative estimate of drug-likeness (QED) is 0.586. The van der Waals surface area contributed by atoms with Crippen LogP contribution in [-0.2, 0) is 10.0 Å². The molecule has 0 fully saturated rings.